The van der Waals surface area contributed by atoms with E-state index in [0.29, 0.717) is 51.9 Å². The molecule has 0 saturated heterocycles. The maximum atomic E-state index is 13.5. The van der Waals surface area contributed by atoms with Gasteiger partial charge in [-0.05, 0) is 198 Å². The summed E-state index contributed by atoms with van der Waals surface area (Å²) in [6.45, 7) is 14.3. The molecule has 0 unspecified atom stereocenters. The second kappa shape index (κ2) is 17.8. The predicted molar refractivity (Wildman–Crippen MR) is 258 cm³/mol. The molecule has 12 nitrogen and oxygen atoms in total. The third-order valence-electron chi connectivity index (χ3n) is 21.5. The van der Waals surface area contributed by atoms with Crippen LogP contribution < -0.4 is 0 Å². The number of hydrogen-bond acceptors (Lipinski definition) is 8. The van der Waals surface area contributed by atoms with Crippen molar-refractivity contribution in [1.29, 1.82) is 0 Å². The quantitative estimate of drug-likeness (QED) is 0.234. The second-order valence-electron chi connectivity index (χ2n) is 25.4. The van der Waals surface area contributed by atoms with Crippen molar-refractivity contribution in [2.75, 3.05) is 14.1 Å². The van der Waals surface area contributed by atoms with Crippen LogP contribution in [0.25, 0.3) is 0 Å². The molecule has 8 aliphatic rings. The fourth-order valence-electron chi connectivity index (χ4n) is 17.8. The smallest absolute Gasteiger partial charge is 0.338 e. The Balaban J connectivity index is 0.000000179. The first-order valence-corrected chi connectivity index (χ1v) is 26.0. The number of hydrogen-bond donors (Lipinski definition) is 3. The number of carbonyl (C=O) groups excluding carboxylic acids is 3. The van der Waals surface area contributed by atoms with E-state index in [0.717, 1.165) is 88.9 Å². The number of aromatic carboxylic acids is 1. The fourth-order valence-corrected chi connectivity index (χ4v) is 17.8. The minimum Gasteiger partial charge on any atom is -0.478 e. The van der Waals surface area contributed by atoms with Gasteiger partial charge >= 0.3 is 5.97 Å². The standard InChI is InChI=1S/C28H43N3O3.C26H38N2O4.CH4/c1-26(34)12-13-27(2)19(14-26)6-7-20-21-8-9-23(28(21,3)11-10-22(20)27)24(32)17-31-16-18(15-29-31)25(33)30(4)5;1-24(32)10-11-25(2)17(12-24)4-5-18-19-6-7-21(26(19,3)9-8-20(18)25)22(29)15-28-14-16(13-27-28)23(30)31;/h15-16,19-23,34H,6-14,17H2,1-5H3;13-14,17-21,32H,4-12,15H2,1-3H3,(H,30,31);1H4/t19-,20+,21+,22+,23-,26-,27+,28+;17-,18+,19+,20+,21-,24-,25+,26+;/m11./s1. The summed E-state index contributed by atoms with van der Waals surface area (Å²) in [5.74, 6) is 4.89. The molecule has 0 aromatic carbocycles. The predicted octanol–water partition coefficient (Wildman–Crippen LogP) is 9.76. The van der Waals surface area contributed by atoms with Crippen molar-refractivity contribution in [3.63, 3.8) is 0 Å². The Labute approximate surface area is 400 Å². The number of carbonyl (C=O) groups is 4. The van der Waals surface area contributed by atoms with Crippen molar-refractivity contribution >= 4 is 23.4 Å². The number of nitrogens with zero attached hydrogens (tertiary/aromatic N) is 5. The number of aliphatic hydroxyl groups is 2. The highest BCUT2D eigenvalue weighted by atomic mass is 16.4. The summed E-state index contributed by atoms with van der Waals surface area (Å²) in [6, 6.07) is 0. The molecule has 2 aromatic rings. The summed E-state index contributed by atoms with van der Waals surface area (Å²) in [5, 5.41) is 39.0. The number of ketones is 2. The zero-order valence-electron chi connectivity index (χ0n) is 41.4. The molecule has 3 N–H and O–H groups in total. The highest BCUT2D eigenvalue weighted by molar-refractivity contribution is 5.93. The number of aromatic nitrogens is 4. The average Bonchev–Trinajstić information content (AvgIpc) is 4.06. The lowest BCUT2D eigenvalue weighted by molar-refractivity contribution is -0.151. The van der Waals surface area contributed by atoms with Crippen molar-refractivity contribution in [1.82, 2.24) is 24.5 Å². The van der Waals surface area contributed by atoms with E-state index in [1.807, 2.05) is 13.8 Å². The topological polar surface area (TPSA) is 168 Å². The first kappa shape index (κ1) is 50.0. The minimum atomic E-state index is -1.01. The van der Waals surface area contributed by atoms with Gasteiger partial charge in [0.25, 0.3) is 5.91 Å². The summed E-state index contributed by atoms with van der Waals surface area (Å²) in [6.07, 6.45) is 25.9. The van der Waals surface area contributed by atoms with Crippen molar-refractivity contribution in [2.24, 2.45) is 80.8 Å². The molecule has 16 atom stereocenters. The summed E-state index contributed by atoms with van der Waals surface area (Å²) in [4.78, 5) is 51.7. The highest BCUT2D eigenvalue weighted by Crippen LogP contribution is 2.70. The molecule has 10 rings (SSSR count). The van der Waals surface area contributed by atoms with Crippen molar-refractivity contribution < 1.29 is 34.5 Å². The van der Waals surface area contributed by atoms with Crippen LogP contribution in [-0.4, -0.2) is 88.5 Å². The summed E-state index contributed by atoms with van der Waals surface area (Å²) in [5.41, 5.74) is 0.472. The largest absolute Gasteiger partial charge is 0.478 e. The van der Waals surface area contributed by atoms with Crippen LogP contribution in [0.1, 0.15) is 185 Å². The normalized spacial score (nSPS) is 43.9. The van der Waals surface area contributed by atoms with E-state index in [1.165, 1.54) is 60.5 Å². The molecule has 0 spiro atoms. The number of carboxylic acids is 1. The third kappa shape index (κ3) is 8.70. The van der Waals surface area contributed by atoms with E-state index in [9.17, 15) is 29.4 Å². The van der Waals surface area contributed by atoms with Gasteiger partial charge < -0.3 is 20.2 Å². The van der Waals surface area contributed by atoms with E-state index >= 15 is 0 Å². The third-order valence-corrected chi connectivity index (χ3v) is 21.5. The van der Waals surface area contributed by atoms with Gasteiger partial charge in [0.1, 0.15) is 0 Å². The van der Waals surface area contributed by atoms with E-state index in [-0.39, 0.29) is 66.2 Å². The Kier molecular flexibility index (Phi) is 13.3. The van der Waals surface area contributed by atoms with E-state index in [2.05, 4.69) is 37.9 Å². The molecule has 8 fully saturated rings. The summed E-state index contributed by atoms with van der Waals surface area (Å²) >= 11 is 0. The molecule has 0 aliphatic heterocycles. The lowest BCUT2D eigenvalue weighted by Gasteiger charge is -2.61. The van der Waals surface area contributed by atoms with Gasteiger partial charge in [-0.3, -0.25) is 23.7 Å². The SMILES string of the molecule is C.CN(C)C(=O)c1cnn(CC(=O)[C@H]2CC[C@H]3[C@@H]4CC[C@@H]5C[C@](C)(O)CC[C@]5(C)[C@H]4CC[C@]23C)c1.C[C@@]1(O)CC[C@@]2(C)[C@H](CC[C@@H]3[C@@H]2CC[C@]2(C)[C@@H](C(=O)Cn4cc(C(=O)O)cn4)CC[C@@H]32)C1. The first-order chi connectivity index (χ1) is 31.0. The van der Waals surface area contributed by atoms with Gasteiger partial charge in [0.15, 0.2) is 11.6 Å². The monoisotopic (exact) mass is 928 g/mol. The van der Waals surface area contributed by atoms with Gasteiger partial charge in [0.2, 0.25) is 0 Å². The number of Topliss-reactive ketones (excluding diaryl/α,β-unsaturated/α-hetero) is 2. The van der Waals surface area contributed by atoms with Crippen LogP contribution in [0.15, 0.2) is 24.8 Å². The van der Waals surface area contributed by atoms with Crippen LogP contribution in [0, 0.1) is 80.8 Å². The van der Waals surface area contributed by atoms with Gasteiger partial charge in [0.05, 0.1) is 47.8 Å². The first-order valence-electron chi connectivity index (χ1n) is 26.0. The lowest BCUT2D eigenvalue weighted by Crippen LogP contribution is -2.55. The van der Waals surface area contributed by atoms with E-state index < -0.39 is 17.2 Å². The molecule has 12 heteroatoms. The Morgan fingerprint density at radius 1 is 0.567 bits per heavy atom. The molecule has 2 heterocycles. The Morgan fingerprint density at radius 3 is 1.37 bits per heavy atom. The highest BCUT2D eigenvalue weighted by Gasteiger charge is 2.63. The number of fused-ring (bicyclic) bond motifs is 10. The minimum absolute atomic E-state index is 0. The maximum absolute atomic E-state index is 13.5. The fraction of sp³-hybridized carbons (Fsp3) is 0.818. The van der Waals surface area contributed by atoms with Crippen molar-refractivity contribution in [3.05, 3.63) is 35.9 Å². The Morgan fingerprint density at radius 2 is 0.970 bits per heavy atom. The molecule has 8 aliphatic carbocycles. The molecular formula is C55H85N5O7. The van der Waals surface area contributed by atoms with Crippen LogP contribution >= 0.6 is 0 Å². The van der Waals surface area contributed by atoms with Crippen LogP contribution in [-0.2, 0) is 22.7 Å². The molecule has 0 bridgehead atoms. The number of amides is 1. The van der Waals surface area contributed by atoms with Crippen LogP contribution in [0.5, 0.6) is 0 Å². The second-order valence-corrected chi connectivity index (χ2v) is 25.4. The van der Waals surface area contributed by atoms with Crippen LogP contribution in [0.4, 0.5) is 0 Å². The zero-order valence-corrected chi connectivity index (χ0v) is 41.4. The Bertz CT molecular complexity index is 2190. The van der Waals surface area contributed by atoms with Gasteiger partial charge in [-0.2, -0.15) is 10.2 Å². The molecule has 372 valence electrons. The van der Waals surface area contributed by atoms with Gasteiger partial charge in [-0.1, -0.05) is 35.1 Å². The van der Waals surface area contributed by atoms with Crippen molar-refractivity contribution in [3.8, 4) is 0 Å². The molecule has 2 aromatic heterocycles. The van der Waals surface area contributed by atoms with Gasteiger partial charge in [-0.25, -0.2) is 4.79 Å². The van der Waals surface area contributed by atoms with E-state index in [1.54, 1.807) is 31.2 Å². The molecular weight excluding hydrogens is 843 g/mol. The number of carboxylic acid groups (broad SMARTS) is 1. The lowest BCUT2D eigenvalue weighted by atomic mass is 9.44. The summed E-state index contributed by atoms with van der Waals surface area (Å²) in [7, 11) is 3.45. The van der Waals surface area contributed by atoms with Crippen LogP contribution in [0.3, 0.4) is 0 Å². The van der Waals surface area contributed by atoms with Gasteiger partial charge in [-0.15, -0.1) is 0 Å². The van der Waals surface area contributed by atoms with Crippen molar-refractivity contribution in [2.45, 2.75) is 189 Å². The zero-order chi connectivity index (χ0) is 47.4. The van der Waals surface area contributed by atoms with E-state index in [4.69, 9.17) is 5.11 Å². The molecule has 1 amide bonds. The Hall–Kier alpha value is -3.38. The molecule has 67 heavy (non-hydrogen) atoms. The molecule has 0 radical (unpaired) electrons. The van der Waals surface area contributed by atoms with Crippen LogP contribution in [0.2, 0.25) is 0 Å². The maximum Gasteiger partial charge on any atom is 0.338 e. The summed E-state index contributed by atoms with van der Waals surface area (Å²) < 4.78 is 3.15. The average molecular weight is 928 g/mol. The van der Waals surface area contributed by atoms with Gasteiger partial charge in [0, 0.05) is 38.3 Å². The number of rotatable bonds is 8. The molecule has 8 saturated carbocycles.